The molecule has 1 nitrogen and oxygen atoms in total. The molecule has 0 aromatic rings. The first-order chi connectivity index (χ1) is 7.05. The molecule has 2 aliphatic rings. The zero-order valence-electron chi connectivity index (χ0n) is 9.76. The second kappa shape index (κ2) is 4.47. The van der Waals surface area contributed by atoms with E-state index in [1.54, 1.807) is 0 Å². The van der Waals surface area contributed by atoms with Crippen molar-refractivity contribution >= 4 is 11.6 Å². The fraction of sp³-hybridized carbons (Fsp3) is 0.846. The number of hydrogen-bond acceptors (Lipinski definition) is 1. The lowest BCUT2D eigenvalue weighted by atomic mass is 9.76. The Bertz CT molecular complexity index is 251. The monoisotopic (exact) mass is 228 g/mol. The van der Waals surface area contributed by atoms with Gasteiger partial charge in [0.25, 0.3) is 0 Å². The van der Waals surface area contributed by atoms with Crippen molar-refractivity contribution in [1.29, 1.82) is 0 Å². The van der Waals surface area contributed by atoms with E-state index in [0.29, 0.717) is 11.5 Å². The number of allylic oxidation sites excluding steroid dienone is 1. The maximum absolute atomic E-state index is 6.26. The van der Waals surface area contributed by atoms with Crippen LogP contribution < -0.4 is 0 Å². The molecule has 2 atom stereocenters. The Kier molecular flexibility index (Phi) is 3.42. The summed E-state index contributed by atoms with van der Waals surface area (Å²) in [4.78, 5) is 0. The van der Waals surface area contributed by atoms with Crippen LogP contribution in [0.3, 0.4) is 0 Å². The Labute approximate surface area is 97.8 Å². The fourth-order valence-corrected chi connectivity index (χ4v) is 3.42. The van der Waals surface area contributed by atoms with Gasteiger partial charge in [-0.3, -0.25) is 0 Å². The minimum Gasteiger partial charge on any atom is -0.378 e. The molecule has 86 valence electrons. The highest BCUT2D eigenvalue weighted by atomic mass is 35.5. The summed E-state index contributed by atoms with van der Waals surface area (Å²) in [5, 5.41) is 0.227. The molecule has 0 aromatic carbocycles. The summed E-state index contributed by atoms with van der Waals surface area (Å²) in [6.45, 7) is 5.57. The van der Waals surface area contributed by atoms with Crippen molar-refractivity contribution in [3.05, 3.63) is 11.6 Å². The van der Waals surface area contributed by atoms with Crippen LogP contribution in [0.4, 0.5) is 0 Å². The summed E-state index contributed by atoms with van der Waals surface area (Å²) in [5.41, 5.74) is 1.88. The van der Waals surface area contributed by atoms with Crippen LogP contribution in [0.15, 0.2) is 11.6 Å². The van der Waals surface area contributed by atoms with E-state index < -0.39 is 0 Å². The van der Waals surface area contributed by atoms with E-state index in [0.717, 1.165) is 19.4 Å². The molecule has 0 spiro atoms. The van der Waals surface area contributed by atoms with Crippen molar-refractivity contribution in [1.82, 2.24) is 0 Å². The van der Waals surface area contributed by atoms with Crippen LogP contribution in [0.5, 0.6) is 0 Å². The predicted molar refractivity (Wildman–Crippen MR) is 64.3 cm³/mol. The SMILES string of the molecule is CC1(C)CC(CC2CCCO2)=CC(Cl)C1. The average Bonchev–Trinajstić information content (AvgIpc) is 2.52. The minimum absolute atomic E-state index is 0.227. The lowest BCUT2D eigenvalue weighted by molar-refractivity contribution is 0.108. The van der Waals surface area contributed by atoms with Gasteiger partial charge in [0.2, 0.25) is 0 Å². The first-order valence-electron chi connectivity index (χ1n) is 6.00. The third kappa shape index (κ3) is 3.22. The predicted octanol–water partition coefficient (Wildman–Crippen LogP) is 3.91. The molecule has 2 unspecified atom stereocenters. The van der Waals surface area contributed by atoms with E-state index in [1.807, 2.05) is 0 Å². The molecule has 0 amide bonds. The Morgan fingerprint density at radius 3 is 2.93 bits per heavy atom. The summed E-state index contributed by atoms with van der Waals surface area (Å²) in [5.74, 6) is 0. The van der Waals surface area contributed by atoms with Crippen molar-refractivity contribution in [3.63, 3.8) is 0 Å². The highest BCUT2D eigenvalue weighted by Gasteiger charge is 2.29. The van der Waals surface area contributed by atoms with E-state index in [4.69, 9.17) is 16.3 Å². The maximum Gasteiger partial charge on any atom is 0.0613 e. The van der Waals surface area contributed by atoms with E-state index in [-0.39, 0.29) is 5.38 Å². The summed E-state index contributed by atoms with van der Waals surface area (Å²) in [6.07, 6.45) is 8.57. The first-order valence-corrected chi connectivity index (χ1v) is 6.44. The smallest absolute Gasteiger partial charge is 0.0613 e. The molecule has 2 heteroatoms. The van der Waals surface area contributed by atoms with Gasteiger partial charge in [0, 0.05) is 6.61 Å². The molecule has 0 N–H and O–H groups in total. The lowest BCUT2D eigenvalue weighted by Gasteiger charge is -2.33. The first kappa shape index (κ1) is 11.5. The molecular formula is C13H21ClO. The summed E-state index contributed by atoms with van der Waals surface area (Å²) >= 11 is 6.26. The van der Waals surface area contributed by atoms with Gasteiger partial charge in [0.05, 0.1) is 11.5 Å². The molecule has 0 aromatic heterocycles. The van der Waals surface area contributed by atoms with Crippen molar-refractivity contribution in [2.75, 3.05) is 6.61 Å². The van der Waals surface area contributed by atoms with Crippen LogP contribution in [0.1, 0.15) is 46.0 Å². The largest absolute Gasteiger partial charge is 0.378 e. The van der Waals surface area contributed by atoms with Crippen LogP contribution in [0.2, 0.25) is 0 Å². The van der Waals surface area contributed by atoms with E-state index >= 15 is 0 Å². The van der Waals surface area contributed by atoms with E-state index in [9.17, 15) is 0 Å². The number of hydrogen-bond donors (Lipinski definition) is 0. The number of halogens is 1. The fourth-order valence-electron chi connectivity index (χ4n) is 2.83. The van der Waals surface area contributed by atoms with Gasteiger partial charge < -0.3 is 4.74 Å². The Balaban J connectivity index is 1.95. The third-order valence-corrected chi connectivity index (χ3v) is 3.66. The molecule has 0 bridgehead atoms. The zero-order valence-corrected chi connectivity index (χ0v) is 10.5. The molecule has 1 aliphatic carbocycles. The second-order valence-electron chi connectivity index (χ2n) is 5.73. The van der Waals surface area contributed by atoms with Crippen molar-refractivity contribution in [2.45, 2.75) is 57.4 Å². The van der Waals surface area contributed by atoms with Gasteiger partial charge in [-0.05, 0) is 37.5 Å². The summed E-state index contributed by atoms with van der Waals surface area (Å²) in [7, 11) is 0. The van der Waals surface area contributed by atoms with E-state index in [2.05, 4.69) is 19.9 Å². The molecule has 1 heterocycles. The molecule has 0 saturated carbocycles. The number of alkyl halides is 1. The topological polar surface area (TPSA) is 9.23 Å². The molecule has 1 fully saturated rings. The van der Waals surface area contributed by atoms with Crippen LogP contribution in [-0.4, -0.2) is 18.1 Å². The molecule has 0 radical (unpaired) electrons. The Hall–Kier alpha value is -0.0100. The summed E-state index contributed by atoms with van der Waals surface area (Å²) < 4.78 is 5.68. The van der Waals surface area contributed by atoms with Crippen molar-refractivity contribution in [3.8, 4) is 0 Å². The molecular weight excluding hydrogens is 208 g/mol. The van der Waals surface area contributed by atoms with Crippen molar-refractivity contribution in [2.24, 2.45) is 5.41 Å². The highest BCUT2D eigenvalue weighted by molar-refractivity contribution is 6.21. The van der Waals surface area contributed by atoms with Gasteiger partial charge in [-0.2, -0.15) is 0 Å². The number of rotatable bonds is 2. The van der Waals surface area contributed by atoms with Crippen LogP contribution in [0, 0.1) is 5.41 Å². The maximum atomic E-state index is 6.26. The van der Waals surface area contributed by atoms with Gasteiger partial charge in [-0.15, -0.1) is 11.6 Å². The second-order valence-corrected chi connectivity index (χ2v) is 6.29. The highest BCUT2D eigenvalue weighted by Crippen LogP contribution is 2.39. The Morgan fingerprint density at radius 1 is 1.53 bits per heavy atom. The van der Waals surface area contributed by atoms with Gasteiger partial charge in [-0.1, -0.05) is 25.5 Å². The molecule has 15 heavy (non-hydrogen) atoms. The standard InChI is InChI=1S/C13H21ClO/c1-13(2)8-10(6-11(14)9-13)7-12-4-3-5-15-12/h6,11-12H,3-5,7-9H2,1-2H3. The quantitative estimate of drug-likeness (QED) is 0.515. The minimum atomic E-state index is 0.227. The lowest BCUT2D eigenvalue weighted by Crippen LogP contribution is -2.23. The van der Waals surface area contributed by atoms with Gasteiger partial charge in [-0.25, -0.2) is 0 Å². The van der Waals surface area contributed by atoms with Crippen LogP contribution >= 0.6 is 11.6 Å². The summed E-state index contributed by atoms with van der Waals surface area (Å²) in [6, 6.07) is 0. The average molecular weight is 229 g/mol. The van der Waals surface area contributed by atoms with Crippen LogP contribution in [0.25, 0.3) is 0 Å². The molecule has 2 rings (SSSR count). The van der Waals surface area contributed by atoms with E-state index in [1.165, 1.54) is 24.8 Å². The van der Waals surface area contributed by atoms with Crippen LogP contribution in [-0.2, 0) is 4.74 Å². The molecule has 1 aliphatic heterocycles. The van der Waals surface area contributed by atoms with Gasteiger partial charge >= 0.3 is 0 Å². The Morgan fingerprint density at radius 2 is 2.33 bits per heavy atom. The van der Waals surface area contributed by atoms with Crippen molar-refractivity contribution < 1.29 is 4.74 Å². The van der Waals surface area contributed by atoms with Gasteiger partial charge in [0.15, 0.2) is 0 Å². The third-order valence-electron chi connectivity index (χ3n) is 3.38. The molecule has 1 saturated heterocycles. The zero-order chi connectivity index (χ0) is 10.9. The normalized spacial score (nSPS) is 35.3. The number of ether oxygens (including phenoxy) is 1. The van der Waals surface area contributed by atoms with Gasteiger partial charge in [0.1, 0.15) is 0 Å².